The Morgan fingerprint density at radius 3 is 2.93 bits per heavy atom. The molecule has 0 saturated carbocycles. The van der Waals surface area contributed by atoms with Gasteiger partial charge in [-0.05, 0) is 31.0 Å². The van der Waals surface area contributed by atoms with Crippen molar-refractivity contribution in [1.29, 1.82) is 0 Å². The number of aliphatic hydroxyl groups excluding tert-OH is 1. The largest absolute Gasteiger partial charge is 0.390 e. The minimum Gasteiger partial charge on any atom is -0.390 e. The van der Waals surface area contributed by atoms with Crippen LogP contribution >= 0.6 is 0 Å². The Labute approximate surface area is 89.4 Å². The van der Waals surface area contributed by atoms with Crippen molar-refractivity contribution >= 4 is 5.52 Å². The Kier molecular flexibility index (Phi) is 2.73. The highest BCUT2D eigenvalue weighted by molar-refractivity contribution is 5.54. The van der Waals surface area contributed by atoms with Crippen molar-refractivity contribution in [3.8, 4) is 0 Å². The van der Waals surface area contributed by atoms with Gasteiger partial charge in [-0.1, -0.05) is 6.92 Å². The molecule has 1 N–H and O–H groups in total. The van der Waals surface area contributed by atoms with Crippen LogP contribution in [0.4, 0.5) is 0 Å². The predicted octanol–water partition coefficient (Wildman–Crippen LogP) is 2.09. The van der Waals surface area contributed by atoms with E-state index in [1.807, 2.05) is 13.1 Å². The zero-order chi connectivity index (χ0) is 10.8. The summed E-state index contributed by atoms with van der Waals surface area (Å²) >= 11 is 0. The van der Waals surface area contributed by atoms with Crippen molar-refractivity contribution < 1.29 is 5.11 Å². The summed E-state index contributed by atoms with van der Waals surface area (Å²) in [4.78, 5) is 4.45. The number of nitrogens with zero attached hydrogens (tertiary/aromatic N) is 2. The summed E-state index contributed by atoms with van der Waals surface area (Å²) in [6.07, 6.45) is 4.05. The molecule has 0 aliphatic carbocycles. The first-order valence-corrected chi connectivity index (χ1v) is 5.33. The molecule has 2 aromatic rings. The Balaban J connectivity index is 2.64. The number of imidazole rings is 1. The third kappa shape index (κ3) is 1.75. The molecule has 0 radical (unpaired) electrons. The van der Waals surface area contributed by atoms with Gasteiger partial charge in [0, 0.05) is 12.6 Å². The molecule has 3 heteroatoms. The Bertz CT molecular complexity index is 474. The van der Waals surface area contributed by atoms with E-state index in [1.165, 1.54) is 5.56 Å². The highest BCUT2D eigenvalue weighted by atomic mass is 16.3. The van der Waals surface area contributed by atoms with Crippen LogP contribution in [0.2, 0.25) is 0 Å². The zero-order valence-electron chi connectivity index (χ0n) is 9.20. The van der Waals surface area contributed by atoms with E-state index in [1.54, 1.807) is 0 Å². The first-order valence-electron chi connectivity index (χ1n) is 5.33. The van der Waals surface area contributed by atoms with E-state index in [2.05, 4.69) is 28.4 Å². The second-order valence-electron chi connectivity index (χ2n) is 3.84. The summed E-state index contributed by atoms with van der Waals surface area (Å²) in [7, 11) is 0. The molecule has 2 heterocycles. The fourth-order valence-corrected chi connectivity index (χ4v) is 1.84. The number of fused-ring (bicyclic) bond motifs is 1. The predicted molar refractivity (Wildman–Crippen MR) is 59.8 cm³/mol. The van der Waals surface area contributed by atoms with E-state index >= 15 is 0 Å². The molecule has 2 aromatic heterocycles. The maximum absolute atomic E-state index is 9.23. The molecule has 0 amide bonds. The summed E-state index contributed by atoms with van der Waals surface area (Å²) in [6.45, 7) is 4.19. The zero-order valence-corrected chi connectivity index (χ0v) is 9.20. The van der Waals surface area contributed by atoms with Gasteiger partial charge in [-0.25, -0.2) is 4.98 Å². The highest BCUT2D eigenvalue weighted by Gasteiger charge is 2.08. The molecule has 0 saturated heterocycles. The molecular weight excluding hydrogens is 188 g/mol. The monoisotopic (exact) mass is 204 g/mol. The van der Waals surface area contributed by atoms with E-state index in [-0.39, 0.29) is 6.61 Å². The van der Waals surface area contributed by atoms with Gasteiger partial charge in [0.2, 0.25) is 0 Å². The molecule has 2 rings (SSSR count). The molecule has 80 valence electrons. The van der Waals surface area contributed by atoms with Crippen LogP contribution in [0.15, 0.2) is 18.3 Å². The average molecular weight is 204 g/mol. The molecule has 0 aromatic carbocycles. The lowest BCUT2D eigenvalue weighted by molar-refractivity contribution is 0.279. The van der Waals surface area contributed by atoms with Crippen molar-refractivity contribution in [2.45, 2.75) is 33.3 Å². The lowest BCUT2D eigenvalue weighted by Crippen LogP contribution is -1.93. The number of hydrogen-bond donors (Lipinski definition) is 1. The molecular formula is C12H16N2O. The van der Waals surface area contributed by atoms with Gasteiger partial charge in [-0.2, -0.15) is 0 Å². The van der Waals surface area contributed by atoms with Crippen molar-refractivity contribution in [2.24, 2.45) is 0 Å². The molecule has 0 atom stereocenters. The summed E-state index contributed by atoms with van der Waals surface area (Å²) in [5, 5.41) is 9.23. The fourth-order valence-electron chi connectivity index (χ4n) is 1.84. The van der Waals surface area contributed by atoms with Gasteiger partial charge in [0.05, 0.1) is 17.8 Å². The third-order valence-corrected chi connectivity index (χ3v) is 2.57. The molecule has 0 bridgehead atoms. The molecule has 3 nitrogen and oxygen atoms in total. The Hall–Kier alpha value is -1.35. The first-order chi connectivity index (χ1) is 7.26. The summed E-state index contributed by atoms with van der Waals surface area (Å²) < 4.78 is 2.07. The van der Waals surface area contributed by atoms with E-state index < -0.39 is 0 Å². The van der Waals surface area contributed by atoms with Crippen LogP contribution in [0.3, 0.4) is 0 Å². The molecule has 0 aliphatic rings. The molecule has 15 heavy (non-hydrogen) atoms. The maximum atomic E-state index is 9.23. The van der Waals surface area contributed by atoms with Crippen molar-refractivity contribution in [3.05, 3.63) is 35.4 Å². The number of aryl methyl sites for hydroxylation is 2. The van der Waals surface area contributed by atoms with Gasteiger partial charge in [0.1, 0.15) is 5.82 Å². The number of hydrogen-bond acceptors (Lipinski definition) is 2. The van der Waals surface area contributed by atoms with E-state index in [4.69, 9.17) is 0 Å². The van der Waals surface area contributed by atoms with Crippen LogP contribution in [-0.2, 0) is 13.0 Å². The third-order valence-electron chi connectivity index (χ3n) is 2.57. The normalized spacial score (nSPS) is 11.1. The summed E-state index contributed by atoms with van der Waals surface area (Å²) in [6, 6.07) is 4.13. The van der Waals surface area contributed by atoms with Crippen LogP contribution in [0.1, 0.15) is 30.4 Å². The van der Waals surface area contributed by atoms with Crippen molar-refractivity contribution in [1.82, 2.24) is 9.38 Å². The smallest absolute Gasteiger partial charge is 0.113 e. The second kappa shape index (κ2) is 4.03. The first kappa shape index (κ1) is 10.2. The van der Waals surface area contributed by atoms with Crippen LogP contribution in [0, 0.1) is 6.92 Å². The number of aromatic nitrogens is 2. The number of aliphatic hydroxyl groups is 1. The minimum atomic E-state index is 0.0106. The second-order valence-corrected chi connectivity index (χ2v) is 3.84. The summed E-state index contributed by atoms with van der Waals surface area (Å²) in [5.74, 6) is 1.04. The highest BCUT2D eigenvalue weighted by Crippen LogP contribution is 2.16. The quantitative estimate of drug-likeness (QED) is 0.831. The van der Waals surface area contributed by atoms with E-state index in [0.29, 0.717) is 0 Å². The SMILES string of the molecule is CCCc1nc(CO)c2cc(C)ccn12. The van der Waals surface area contributed by atoms with Gasteiger partial charge in [0.25, 0.3) is 0 Å². The topological polar surface area (TPSA) is 37.5 Å². The number of rotatable bonds is 3. The fraction of sp³-hybridized carbons (Fsp3) is 0.417. The molecule has 0 aliphatic heterocycles. The lowest BCUT2D eigenvalue weighted by atomic mass is 10.2. The van der Waals surface area contributed by atoms with Crippen LogP contribution in [0.5, 0.6) is 0 Å². The van der Waals surface area contributed by atoms with Gasteiger partial charge >= 0.3 is 0 Å². The summed E-state index contributed by atoms with van der Waals surface area (Å²) in [5.41, 5.74) is 3.00. The number of pyridine rings is 1. The van der Waals surface area contributed by atoms with Crippen molar-refractivity contribution in [2.75, 3.05) is 0 Å². The van der Waals surface area contributed by atoms with Crippen LogP contribution < -0.4 is 0 Å². The van der Waals surface area contributed by atoms with Crippen molar-refractivity contribution in [3.63, 3.8) is 0 Å². The molecule has 0 fully saturated rings. The van der Waals surface area contributed by atoms with Crippen LogP contribution in [-0.4, -0.2) is 14.5 Å². The van der Waals surface area contributed by atoms with Gasteiger partial charge in [-0.3, -0.25) is 0 Å². The Morgan fingerprint density at radius 1 is 1.47 bits per heavy atom. The van der Waals surface area contributed by atoms with E-state index in [9.17, 15) is 5.11 Å². The van der Waals surface area contributed by atoms with Crippen LogP contribution in [0.25, 0.3) is 5.52 Å². The lowest BCUT2D eigenvalue weighted by Gasteiger charge is -2.00. The van der Waals surface area contributed by atoms with E-state index in [0.717, 1.165) is 29.9 Å². The van der Waals surface area contributed by atoms with Gasteiger partial charge in [0.15, 0.2) is 0 Å². The Morgan fingerprint density at radius 2 is 2.27 bits per heavy atom. The van der Waals surface area contributed by atoms with Gasteiger partial charge in [-0.15, -0.1) is 0 Å². The molecule has 0 spiro atoms. The average Bonchev–Trinajstić information content (AvgIpc) is 2.56. The molecule has 0 unspecified atom stereocenters. The maximum Gasteiger partial charge on any atom is 0.113 e. The standard InChI is InChI=1S/C12H16N2O/c1-3-4-12-13-10(8-15)11-7-9(2)5-6-14(11)12/h5-7,15H,3-4,8H2,1-2H3. The minimum absolute atomic E-state index is 0.0106. The van der Waals surface area contributed by atoms with Gasteiger partial charge < -0.3 is 9.51 Å².